The summed E-state index contributed by atoms with van der Waals surface area (Å²) in [6, 6.07) is 0. The summed E-state index contributed by atoms with van der Waals surface area (Å²) in [7, 11) is 0. The Morgan fingerprint density at radius 2 is 1.89 bits per heavy atom. The number of aryl methyl sites for hydroxylation is 1. The summed E-state index contributed by atoms with van der Waals surface area (Å²) in [4.78, 5) is 11.3. The Hall–Kier alpha value is -1.36. The van der Waals surface area contributed by atoms with E-state index in [2.05, 4.69) is 34.1 Å². The molecule has 0 saturated carbocycles. The Kier molecular flexibility index (Phi) is 3.94. The summed E-state index contributed by atoms with van der Waals surface area (Å²) in [5.74, 6) is 8.05. The molecule has 5 heteroatoms. The van der Waals surface area contributed by atoms with Gasteiger partial charge in [0.2, 0.25) is 0 Å². The SMILES string of the molecule is Cc1nc(NN)c(C)c(N2CCCC(C)(C)CC2)n1. The van der Waals surface area contributed by atoms with Gasteiger partial charge in [-0.25, -0.2) is 15.8 Å². The van der Waals surface area contributed by atoms with Gasteiger partial charge in [-0.2, -0.15) is 0 Å². The van der Waals surface area contributed by atoms with Gasteiger partial charge in [-0.1, -0.05) is 13.8 Å². The molecule has 0 aromatic carbocycles. The first kappa shape index (κ1) is 14.1. The van der Waals surface area contributed by atoms with Crippen molar-refractivity contribution < 1.29 is 0 Å². The van der Waals surface area contributed by atoms with E-state index in [1.54, 1.807) is 0 Å². The molecule has 0 aliphatic carbocycles. The highest BCUT2D eigenvalue weighted by Gasteiger charge is 2.25. The van der Waals surface area contributed by atoms with E-state index < -0.39 is 0 Å². The van der Waals surface area contributed by atoms with Crippen LogP contribution in [0.25, 0.3) is 0 Å². The third-order valence-corrected chi connectivity index (χ3v) is 4.01. The lowest BCUT2D eigenvalue weighted by Gasteiger charge is -2.26. The van der Waals surface area contributed by atoms with Crippen molar-refractivity contribution in [3.8, 4) is 0 Å². The predicted octanol–water partition coefficient (Wildman–Crippen LogP) is 2.40. The van der Waals surface area contributed by atoms with E-state index in [1.807, 2.05) is 13.8 Å². The van der Waals surface area contributed by atoms with Crippen molar-refractivity contribution in [2.75, 3.05) is 23.4 Å². The molecule has 1 aliphatic heterocycles. The van der Waals surface area contributed by atoms with Crippen molar-refractivity contribution in [2.45, 2.75) is 47.0 Å². The molecule has 3 N–H and O–H groups in total. The first-order chi connectivity index (χ1) is 8.93. The molecule has 0 spiro atoms. The zero-order valence-electron chi connectivity index (χ0n) is 12.5. The number of nitrogens with zero attached hydrogens (tertiary/aromatic N) is 3. The van der Waals surface area contributed by atoms with E-state index in [9.17, 15) is 0 Å². The van der Waals surface area contributed by atoms with Crippen LogP contribution in [-0.4, -0.2) is 23.1 Å². The van der Waals surface area contributed by atoms with Crippen LogP contribution in [-0.2, 0) is 0 Å². The molecular formula is C14H25N5. The summed E-state index contributed by atoms with van der Waals surface area (Å²) in [6.45, 7) is 10.7. The molecule has 0 atom stereocenters. The summed E-state index contributed by atoms with van der Waals surface area (Å²) < 4.78 is 0. The van der Waals surface area contributed by atoms with Gasteiger partial charge in [-0.05, 0) is 38.5 Å². The van der Waals surface area contributed by atoms with Crippen molar-refractivity contribution in [1.82, 2.24) is 9.97 Å². The predicted molar refractivity (Wildman–Crippen MR) is 79.2 cm³/mol. The highest BCUT2D eigenvalue weighted by molar-refractivity contribution is 5.58. The Morgan fingerprint density at radius 3 is 2.58 bits per heavy atom. The summed E-state index contributed by atoms with van der Waals surface area (Å²) in [5.41, 5.74) is 4.13. The smallest absolute Gasteiger partial charge is 0.148 e. The molecule has 1 aromatic rings. The van der Waals surface area contributed by atoms with E-state index in [1.165, 1.54) is 19.3 Å². The Morgan fingerprint density at radius 1 is 1.16 bits per heavy atom. The van der Waals surface area contributed by atoms with E-state index >= 15 is 0 Å². The Balaban J connectivity index is 2.29. The van der Waals surface area contributed by atoms with Crippen molar-refractivity contribution >= 4 is 11.6 Å². The summed E-state index contributed by atoms with van der Waals surface area (Å²) >= 11 is 0. The summed E-state index contributed by atoms with van der Waals surface area (Å²) in [6.07, 6.45) is 3.68. The van der Waals surface area contributed by atoms with E-state index in [0.717, 1.165) is 36.1 Å². The van der Waals surface area contributed by atoms with E-state index in [4.69, 9.17) is 5.84 Å². The van der Waals surface area contributed by atoms with Gasteiger partial charge in [0.05, 0.1) is 0 Å². The number of nitrogens with two attached hydrogens (primary N) is 1. The van der Waals surface area contributed by atoms with Gasteiger partial charge in [0, 0.05) is 18.7 Å². The fourth-order valence-corrected chi connectivity index (χ4v) is 2.70. The summed E-state index contributed by atoms with van der Waals surface area (Å²) in [5, 5.41) is 0. The maximum Gasteiger partial charge on any atom is 0.148 e. The second-order valence-corrected chi connectivity index (χ2v) is 6.22. The Labute approximate surface area is 115 Å². The molecule has 2 rings (SSSR count). The van der Waals surface area contributed by atoms with Gasteiger partial charge in [-0.3, -0.25) is 0 Å². The molecule has 106 valence electrons. The van der Waals surface area contributed by atoms with Crippen LogP contribution < -0.4 is 16.2 Å². The van der Waals surface area contributed by atoms with Crippen LogP contribution in [0.5, 0.6) is 0 Å². The lowest BCUT2D eigenvalue weighted by atomic mass is 9.85. The van der Waals surface area contributed by atoms with Crippen molar-refractivity contribution in [3.63, 3.8) is 0 Å². The number of hydrazine groups is 1. The first-order valence-electron chi connectivity index (χ1n) is 7.00. The number of rotatable bonds is 2. The molecule has 0 unspecified atom stereocenters. The van der Waals surface area contributed by atoms with Gasteiger partial charge in [0.15, 0.2) is 0 Å². The highest BCUT2D eigenvalue weighted by Crippen LogP contribution is 2.32. The number of anilines is 2. The topological polar surface area (TPSA) is 67.1 Å². The number of nitrogen functional groups attached to an aromatic ring is 1. The minimum Gasteiger partial charge on any atom is -0.356 e. The minimum atomic E-state index is 0.430. The molecule has 0 bridgehead atoms. The lowest BCUT2D eigenvalue weighted by molar-refractivity contribution is 0.325. The van der Waals surface area contributed by atoms with Crippen LogP contribution in [0.4, 0.5) is 11.6 Å². The quantitative estimate of drug-likeness (QED) is 0.633. The molecule has 2 heterocycles. The molecular weight excluding hydrogens is 238 g/mol. The van der Waals surface area contributed by atoms with Gasteiger partial charge < -0.3 is 10.3 Å². The molecule has 0 radical (unpaired) electrons. The average molecular weight is 263 g/mol. The standard InChI is InChI=1S/C14H25N5/c1-10-12(18-15)16-11(2)17-13(10)19-8-5-6-14(3,4)7-9-19/h5-9,15H2,1-4H3,(H,16,17,18). The van der Waals surface area contributed by atoms with Gasteiger partial charge in [-0.15, -0.1) is 0 Å². The molecule has 5 nitrogen and oxygen atoms in total. The minimum absolute atomic E-state index is 0.430. The molecule has 1 saturated heterocycles. The monoisotopic (exact) mass is 263 g/mol. The van der Waals surface area contributed by atoms with Crippen LogP contribution in [0.2, 0.25) is 0 Å². The molecule has 1 aromatic heterocycles. The molecule has 0 amide bonds. The van der Waals surface area contributed by atoms with Gasteiger partial charge in [0.1, 0.15) is 17.5 Å². The van der Waals surface area contributed by atoms with Crippen LogP contribution >= 0.6 is 0 Å². The highest BCUT2D eigenvalue weighted by atomic mass is 15.3. The van der Waals surface area contributed by atoms with Crippen molar-refractivity contribution in [3.05, 3.63) is 11.4 Å². The largest absolute Gasteiger partial charge is 0.356 e. The number of hydrogen-bond donors (Lipinski definition) is 2. The van der Waals surface area contributed by atoms with Gasteiger partial charge >= 0.3 is 0 Å². The second-order valence-electron chi connectivity index (χ2n) is 6.22. The first-order valence-corrected chi connectivity index (χ1v) is 7.00. The van der Waals surface area contributed by atoms with Crippen LogP contribution in [0, 0.1) is 19.3 Å². The van der Waals surface area contributed by atoms with Gasteiger partial charge in [0.25, 0.3) is 0 Å². The van der Waals surface area contributed by atoms with Crippen LogP contribution in [0.3, 0.4) is 0 Å². The van der Waals surface area contributed by atoms with Crippen LogP contribution in [0.15, 0.2) is 0 Å². The third-order valence-electron chi connectivity index (χ3n) is 4.01. The number of aromatic nitrogens is 2. The van der Waals surface area contributed by atoms with E-state index in [0.29, 0.717) is 5.41 Å². The third kappa shape index (κ3) is 3.15. The normalized spacial score (nSPS) is 19.1. The zero-order valence-corrected chi connectivity index (χ0v) is 12.5. The Bertz CT molecular complexity index is 455. The maximum atomic E-state index is 5.53. The maximum absolute atomic E-state index is 5.53. The fourth-order valence-electron chi connectivity index (χ4n) is 2.70. The molecule has 1 fully saturated rings. The number of nitrogens with one attached hydrogen (secondary N) is 1. The van der Waals surface area contributed by atoms with Crippen molar-refractivity contribution in [2.24, 2.45) is 11.3 Å². The zero-order chi connectivity index (χ0) is 14.0. The second kappa shape index (κ2) is 5.33. The molecule has 19 heavy (non-hydrogen) atoms. The van der Waals surface area contributed by atoms with Crippen molar-refractivity contribution in [1.29, 1.82) is 0 Å². The van der Waals surface area contributed by atoms with E-state index in [-0.39, 0.29) is 0 Å². The van der Waals surface area contributed by atoms with Crippen LogP contribution in [0.1, 0.15) is 44.5 Å². The number of hydrogen-bond acceptors (Lipinski definition) is 5. The lowest BCUT2D eigenvalue weighted by Crippen LogP contribution is -2.28. The fraction of sp³-hybridized carbons (Fsp3) is 0.714. The molecule has 1 aliphatic rings. The average Bonchev–Trinajstić information content (AvgIpc) is 2.53.